The van der Waals surface area contributed by atoms with E-state index in [1.165, 1.54) is 25.7 Å². The zero-order valence-corrected chi connectivity index (χ0v) is 14.4. The molecule has 0 nitrogen and oxygen atoms in total. The Labute approximate surface area is 140 Å². The fraction of sp³-hybridized carbons (Fsp3) is 0.619. The monoisotopic (exact) mass is 320 g/mol. The van der Waals surface area contributed by atoms with Crippen molar-refractivity contribution >= 4 is 0 Å². The zero-order valence-electron chi connectivity index (χ0n) is 14.4. The third kappa shape index (κ3) is 5.16. The van der Waals surface area contributed by atoms with E-state index in [9.17, 15) is 8.78 Å². The maximum atomic E-state index is 14.3. The summed E-state index contributed by atoms with van der Waals surface area (Å²) >= 11 is 0. The summed E-state index contributed by atoms with van der Waals surface area (Å²) in [7, 11) is 0. The summed E-state index contributed by atoms with van der Waals surface area (Å²) in [6.07, 6.45) is 12.2. The van der Waals surface area contributed by atoms with Gasteiger partial charge < -0.3 is 0 Å². The second-order valence-corrected chi connectivity index (χ2v) is 7.02. The van der Waals surface area contributed by atoms with Crippen LogP contribution in [0.5, 0.6) is 0 Å². The van der Waals surface area contributed by atoms with Crippen molar-refractivity contribution < 1.29 is 8.78 Å². The van der Waals surface area contributed by atoms with E-state index in [4.69, 9.17) is 0 Å². The van der Waals surface area contributed by atoms with Crippen LogP contribution in [0.4, 0.5) is 8.78 Å². The number of benzene rings is 1. The molecule has 1 aliphatic rings. The van der Waals surface area contributed by atoms with Crippen LogP contribution in [-0.4, -0.2) is 0 Å². The molecule has 2 heteroatoms. The first-order valence-electron chi connectivity index (χ1n) is 9.24. The molecule has 1 fully saturated rings. The summed E-state index contributed by atoms with van der Waals surface area (Å²) in [5, 5.41) is 0. The van der Waals surface area contributed by atoms with E-state index in [0.29, 0.717) is 35.8 Å². The molecule has 128 valence electrons. The molecule has 2 rings (SSSR count). The maximum Gasteiger partial charge on any atom is 0.162 e. The molecular weight excluding hydrogens is 290 g/mol. The molecule has 0 aliphatic heterocycles. The second-order valence-electron chi connectivity index (χ2n) is 7.02. The van der Waals surface area contributed by atoms with Crippen molar-refractivity contribution in [3.05, 3.63) is 47.5 Å². The lowest BCUT2D eigenvalue weighted by molar-refractivity contribution is 0.295. The van der Waals surface area contributed by atoms with Crippen molar-refractivity contribution in [3.63, 3.8) is 0 Å². The van der Waals surface area contributed by atoms with E-state index in [1.807, 2.05) is 0 Å². The van der Waals surface area contributed by atoms with Crippen LogP contribution in [0.15, 0.2) is 24.8 Å². The van der Waals surface area contributed by atoms with Gasteiger partial charge in [-0.25, -0.2) is 8.78 Å². The van der Waals surface area contributed by atoms with Crippen molar-refractivity contribution in [1.82, 2.24) is 0 Å². The van der Waals surface area contributed by atoms with Crippen LogP contribution < -0.4 is 0 Å². The molecule has 1 aromatic carbocycles. The fourth-order valence-corrected chi connectivity index (χ4v) is 3.65. The smallest absolute Gasteiger partial charge is 0.162 e. The average Bonchev–Trinajstić information content (AvgIpc) is 2.58. The summed E-state index contributed by atoms with van der Waals surface area (Å²) in [6, 6.07) is 3.59. The molecular formula is C21H30F2. The van der Waals surface area contributed by atoms with Gasteiger partial charge in [0.1, 0.15) is 0 Å². The Morgan fingerprint density at radius 1 is 1.00 bits per heavy atom. The Balaban J connectivity index is 1.88. The first-order valence-corrected chi connectivity index (χ1v) is 9.24. The first kappa shape index (κ1) is 18.2. The Bertz CT molecular complexity index is 499. The van der Waals surface area contributed by atoms with Gasteiger partial charge in [0.15, 0.2) is 11.6 Å². The highest BCUT2D eigenvalue weighted by Crippen LogP contribution is 2.32. The number of hydrogen-bond acceptors (Lipinski definition) is 0. The van der Waals surface area contributed by atoms with Gasteiger partial charge in [0, 0.05) is 0 Å². The van der Waals surface area contributed by atoms with Crippen LogP contribution in [0.1, 0.15) is 69.4 Å². The van der Waals surface area contributed by atoms with Crippen LogP contribution in [0, 0.1) is 23.5 Å². The zero-order chi connectivity index (χ0) is 16.7. The van der Waals surface area contributed by atoms with Gasteiger partial charge in [0.2, 0.25) is 0 Å². The SMILES string of the molecule is C=CC1CCC(CCc2ccc(CCCCC)c(F)c2F)CC1. The molecule has 0 spiro atoms. The van der Waals surface area contributed by atoms with Crippen LogP contribution in [0.3, 0.4) is 0 Å². The molecule has 1 saturated carbocycles. The molecule has 1 aliphatic carbocycles. The minimum atomic E-state index is -0.617. The molecule has 1 aromatic rings. The van der Waals surface area contributed by atoms with Gasteiger partial charge in [-0.1, -0.05) is 38.0 Å². The standard InChI is InChI=1S/C21H30F2/c1-3-5-6-7-18-14-15-19(21(23)20(18)22)13-12-17-10-8-16(4-2)9-11-17/h4,14-17H,2-3,5-13H2,1H3. The highest BCUT2D eigenvalue weighted by Gasteiger charge is 2.20. The number of hydrogen-bond donors (Lipinski definition) is 0. The van der Waals surface area contributed by atoms with Crippen LogP contribution >= 0.6 is 0 Å². The Morgan fingerprint density at radius 3 is 2.17 bits per heavy atom. The molecule has 0 N–H and O–H groups in total. The van der Waals surface area contributed by atoms with Crippen molar-refractivity contribution in [2.45, 2.75) is 71.1 Å². The minimum Gasteiger partial charge on any atom is -0.203 e. The third-order valence-corrected chi connectivity index (χ3v) is 5.34. The van der Waals surface area contributed by atoms with Gasteiger partial charge in [-0.2, -0.15) is 0 Å². The van der Waals surface area contributed by atoms with Crippen molar-refractivity contribution in [3.8, 4) is 0 Å². The summed E-state index contributed by atoms with van der Waals surface area (Å²) in [5.41, 5.74) is 1.08. The summed E-state index contributed by atoms with van der Waals surface area (Å²) in [5.74, 6) is 0.0773. The molecule has 0 aromatic heterocycles. The largest absolute Gasteiger partial charge is 0.203 e. The predicted molar refractivity (Wildman–Crippen MR) is 93.6 cm³/mol. The lowest BCUT2D eigenvalue weighted by Crippen LogP contribution is -2.14. The molecule has 0 unspecified atom stereocenters. The van der Waals surface area contributed by atoms with Gasteiger partial charge in [0.05, 0.1) is 0 Å². The topological polar surface area (TPSA) is 0 Å². The van der Waals surface area contributed by atoms with E-state index >= 15 is 0 Å². The third-order valence-electron chi connectivity index (χ3n) is 5.34. The Morgan fingerprint density at radius 2 is 1.61 bits per heavy atom. The minimum absolute atomic E-state index is 0.534. The normalized spacial score (nSPS) is 21.3. The summed E-state index contributed by atoms with van der Waals surface area (Å²) in [4.78, 5) is 0. The summed E-state index contributed by atoms with van der Waals surface area (Å²) in [6.45, 7) is 5.98. The molecule has 23 heavy (non-hydrogen) atoms. The maximum absolute atomic E-state index is 14.3. The van der Waals surface area contributed by atoms with Crippen molar-refractivity contribution in [2.75, 3.05) is 0 Å². The van der Waals surface area contributed by atoms with E-state index in [1.54, 1.807) is 12.1 Å². The van der Waals surface area contributed by atoms with E-state index in [-0.39, 0.29) is 0 Å². The van der Waals surface area contributed by atoms with E-state index in [2.05, 4.69) is 19.6 Å². The number of halogens is 2. The second kappa shape index (κ2) is 9.20. The van der Waals surface area contributed by atoms with Crippen LogP contribution in [-0.2, 0) is 12.8 Å². The number of unbranched alkanes of at least 4 members (excludes halogenated alkanes) is 2. The van der Waals surface area contributed by atoms with Crippen molar-refractivity contribution in [1.29, 1.82) is 0 Å². The Hall–Kier alpha value is -1.18. The van der Waals surface area contributed by atoms with Crippen LogP contribution in [0.2, 0.25) is 0 Å². The molecule has 0 saturated heterocycles. The van der Waals surface area contributed by atoms with Crippen molar-refractivity contribution in [2.24, 2.45) is 11.8 Å². The summed E-state index contributed by atoms with van der Waals surface area (Å²) < 4.78 is 28.4. The molecule has 0 radical (unpaired) electrons. The van der Waals surface area contributed by atoms with Gasteiger partial charge in [0.25, 0.3) is 0 Å². The quantitative estimate of drug-likeness (QED) is 0.373. The van der Waals surface area contributed by atoms with Gasteiger partial charge in [-0.3, -0.25) is 0 Å². The van der Waals surface area contributed by atoms with Gasteiger partial charge >= 0.3 is 0 Å². The van der Waals surface area contributed by atoms with Gasteiger partial charge in [-0.05, 0) is 74.3 Å². The first-order chi connectivity index (χ1) is 11.2. The molecule has 0 bridgehead atoms. The predicted octanol–water partition coefficient (Wildman–Crippen LogP) is 6.62. The number of allylic oxidation sites excluding steroid dienone is 1. The average molecular weight is 320 g/mol. The molecule has 0 atom stereocenters. The van der Waals surface area contributed by atoms with E-state index in [0.717, 1.165) is 25.7 Å². The molecule has 0 amide bonds. The number of rotatable bonds is 8. The van der Waals surface area contributed by atoms with Gasteiger partial charge in [-0.15, -0.1) is 6.58 Å². The number of aryl methyl sites for hydroxylation is 2. The lowest BCUT2D eigenvalue weighted by Gasteiger charge is -2.26. The lowest BCUT2D eigenvalue weighted by atomic mass is 9.79. The van der Waals surface area contributed by atoms with E-state index < -0.39 is 11.6 Å². The van der Waals surface area contributed by atoms with Crippen LogP contribution in [0.25, 0.3) is 0 Å². The fourth-order valence-electron chi connectivity index (χ4n) is 3.65. The highest BCUT2D eigenvalue weighted by molar-refractivity contribution is 5.26. The highest BCUT2D eigenvalue weighted by atomic mass is 19.2. The Kier molecular flexibility index (Phi) is 7.26. The molecule has 0 heterocycles.